The van der Waals surface area contributed by atoms with Crippen LogP contribution in [0.3, 0.4) is 0 Å². The molecule has 0 aliphatic heterocycles. The Morgan fingerprint density at radius 3 is 2.62 bits per heavy atom. The Labute approximate surface area is 50.8 Å². The average molecular weight is 117 g/mol. The molecule has 0 aromatic carbocycles. The Bertz CT molecular complexity index is 31.5. The largest absolute Gasteiger partial charge is 0.382 e. The zero-order valence-corrected chi connectivity index (χ0v) is 5.35. The van der Waals surface area contributed by atoms with Crippen LogP contribution in [-0.4, -0.2) is 19.8 Å². The quantitative estimate of drug-likeness (QED) is 0.504. The fraction of sp³-hybridized carbons (Fsp3) is 0.833. The van der Waals surface area contributed by atoms with Gasteiger partial charge in [-0.25, -0.2) is 0 Å². The Balaban J connectivity index is 2.53. The molecule has 0 rings (SSSR count). The molecule has 0 atom stereocenters. The summed E-state index contributed by atoms with van der Waals surface area (Å²) >= 11 is 0. The molecular formula is C6H13O2. The van der Waals surface area contributed by atoms with Gasteiger partial charge in [0.05, 0.1) is 7.11 Å². The van der Waals surface area contributed by atoms with Crippen molar-refractivity contribution in [3.05, 3.63) is 7.11 Å². The Kier molecular flexibility index (Phi) is 6.85. The van der Waals surface area contributed by atoms with Crippen LogP contribution in [0.2, 0.25) is 0 Å². The van der Waals surface area contributed by atoms with Gasteiger partial charge in [0.1, 0.15) is 0 Å². The topological polar surface area (TPSA) is 18.5 Å². The number of ether oxygens (including phenoxy) is 2. The van der Waals surface area contributed by atoms with Gasteiger partial charge in [-0.15, -0.1) is 0 Å². The standard InChI is InChI=1S/C6H13O2/c1-3-8-6-4-5-7-2/h2-6H2,1H3. The summed E-state index contributed by atoms with van der Waals surface area (Å²) in [6.07, 6.45) is 0.942. The second-order valence-corrected chi connectivity index (χ2v) is 1.46. The van der Waals surface area contributed by atoms with Gasteiger partial charge in [-0.2, -0.15) is 0 Å². The average Bonchev–Trinajstić information content (AvgIpc) is 1.81. The molecule has 0 bridgehead atoms. The molecule has 8 heavy (non-hydrogen) atoms. The van der Waals surface area contributed by atoms with Crippen molar-refractivity contribution in [1.82, 2.24) is 0 Å². The monoisotopic (exact) mass is 117 g/mol. The molecule has 0 aliphatic rings. The smallest absolute Gasteiger partial charge is 0.0700 e. The maximum Gasteiger partial charge on any atom is 0.0700 e. The lowest BCUT2D eigenvalue weighted by atomic mass is 10.5. The summed E-state index contributed by atoms with van der Waals surface area (Å²) < 4.78 is 9.59. The molecule has 0 aromatic rings. The summed E-state index contributed by atoms with van der Waals surface area (Å²) in [4.78, 5) is 0. The molecule has 0 N–H and O–H groups in total. The zero-order valence-electron chi connectivity index (χ0n) is 5.35. The highest BCUT2D eigenvalue weighted by atomic mass is 16.5. The van der Waals surface area contributed by atoms with E-state index in [2.05, 4.69) is 11.8 Å². The third kappa shape index (κ3) is 5.92. The molecule has 49 valence electrons. The van der Waals surface area contributed by atoms with Gasteiger partial charge in [-0.05, 0) is 13.3 Å². The molecular weight excluding hydrogens is 104 g/mol. The third-order valence-corrected chi connectivity index (χ3v) is 0.781. The molecule has 0 unspecified atom stereocenters. The SMILES string of the molecule is [CH2]OCCCOCC. The lowest BCUT2D eigenvalue weighted by molar-refractivity contribution is 0.121. The van der Waals surface area contributed by atoms with E-state index in [0.29, 0.717) is 6.61 Å². The molecule has 0 aliphatic carbocycles. The minimum atomic E-state index is 0.694. The van der Waals surface area contributed by atoms with Gasteiger partial charge in [0.25, 0.3) is 0 Å². The molecule has 0 spiro atoms. The summed E-state index contributed by atoms with van der Waals surface area (Å²) in [6.45, 7) is 4.24. The zero-order chi connectivity index (χ0) is 6.24. The van der Waals surface area contributed by atoms with Crippen LogP contribution in [0, 0.1) is 7.11 Å². The third-order valence-electron chi connectivity index (χ3n) is 0.781. The highest BCUT2D eigenvalue weighted by Crippen LogP contribution is 1.81. The minimum absolute atomic E-state index is 0.694. The van der Waals surface area contributed by atoms with Crippen molar-refractivity contribution in [2.24, 2.45) is 0 Å². The van der Waals surface area contributed by atoms with Crippen LogP contribution in [0.1, 0.15) is 13.3 Å². The summed E-state index contributed by atoms with van der Waals surface area (Å²) in [5.74, 6) is 0. The van der Waals surface area contributed by atoms with E-state index in [9.17, 15) is 0 Å². The predicted octanol–water partition coefficient (Wildman–Crippen LogP) is 1.22. The van der Waals surface area contributed by atoms with Crippen LogP contribution >= 0.6 is 0 Å². The first-order valence-corrected chi connectivity index (χ1v) is 2.86. The minimum Gasteiger partial charge on any atom is -0.382 e. The van der Waals surface area contributed by atoms with Crippen molar-refractivity contribution in [3.8, 4) is 0 Å². The van der Waals surface area contributed by atoms with Gasteiger partial charge in [-0.3, -0.25) is 0 Å². The van der Waals surface area contributed by atoms with Gasteiger partial charge < -0.3 is 9.47 Å². The van der Waals surface area contributed by atoms with E-state index in [1.165, 1.54) is 0 Å². The lowest BCUT2D eigenvalue weighted by Crippen LogP contribution is -1.96. The van der Waals surface area contributed by atoms with E-state index in [1.807, 2.05) is 6.92 Å². The molecule has 0 saturated heterocycles. The van der Waals surface area contributed by atoms with Crippen LogP contribution in [0.5, 0.6) is 0 Å². The van der Waals surface area contributed by atoms with Crippen LogP contribution in [0.25, 0.3) is 0 Å². The Hall–Kier alpha value is -0.0800. The molecule has 0 heterocycles. The van der Waals surface area contributed by atoms with Gasteiger partial charge in [0, 0.05) is 19.8 Å². The molecule has 0 fully saturated rings. The van der Waals surface area contributed by atoms with E-state index in [1.54, 1.807) is 0 Å². The number of hydrogen-bond donors (Lipinski definition) is 0. The van der Waals surface area contributed by atoms with Crippen molar-refractivity contribution in [3.63, 3.8) is 0 Å². The first-order valence-electron chi connectivity index (χ1n) is 2.86. The van der Waals surface area contributed by atoms with Crippen LogP contribution in [0.4, 0.5) is 0 Å². The second-order valence-electron chi connectivity index (χ2n) is 1.46. The molecule has 0 aromatic heterocycles. The summed E-state index contributed by atoms with van der Waals surface area (Å²) in [7, 11) is 3.23. The maximum atomic E-state index is 5.03. The first-order chi connectivity index (χ1) is 3.91. The molecule has 1 radical (unpaired) electrons. The van der Waals surface area contributed by atoms with E-state index < -0.39 is 0 Å². The van der Waals surface area contributed by atoms with Crippen LogP contribution in [0.15, 0.2) is 0 Å². The summed E-state index contributed by atoms with van der Waals surface area (Å²) in [5, 5.41) is 0. The maximum absolute atomic E-state index is 5.03. The summed E-state index contributed by atoms with van der Waals surface area (Å²) in [6, 6.07) is 0. The predicted molar refractivity (Wildman–Crippen MR) is 32.4 cm³/mol. The fourth-order valence-corrected chi connectivity index (χ4v) is 0.407. The Morgan fingerprint density at radius 2 is 2.12 bits per heavy atom. The number of hydrogen-bond acceptors (Lipinski definition) is 2. The van der Waals surface area contributed by atoms with Gasteiger partial charge in [0.15, 0.2) is 0 Å². The first kappa shape index (κ1) is 7.92. The second kappa shape index (κ2) is 6.92. The van der Waals surface area contributed by atoms with Gasteiger partial charge >= 0.3 is 0 Å². The summed E-state index contributed by atoms with van der Waals surface area (Å²) in [5.41, 5.74) is 0. The van der Waals surface area contributed by atoms with Crippen molar-refractivity contribution in [2.45, 2.75) is 13.3 Å². The van der Waals surface area contributed by atoms with Crippen molar-refractivity contribution in [1.29, 1.82) is 0 Å². The van der Waals surface area contributed by atoms with Crippen LogP contribution < -0.4 is 0 Å². The molecule has 2 heteroatoms. The van der Waals surface area contributed by atoms with E-state index >= 15 is 0 Å². The Morgan fingerprint density at radius 1 is 1.38 bits per heavy atom. The van der Waals surface area contributed by atoms with Gasteiger partial charge in [-0.1, -0.05) is 0 Å². The fourth-order valence-electron chi connectivity index (χ4n) is 0.407. The highest BCUT2D eigenvalue weighted by Gasteiger charge is 1.82. The van der Waals surface area contributed by atoms with Crippen LogP contribution in [-0.2, 0) is 9.47 Å². The molecule has 0 amide bonds. The highest BCUT2D eigenvalue weighted by molar-refractivity contribution is 4.31. The van der Waals surface area contributed by atoms with E-state index in [4.69, 9.17) is 4.74 Å². The van der Waals surface area contributed by atoms with E-state index in [0.717, 1.165) is 19.6 Å². The van der Waals surface area contributed by atoms with Crippen molar-refractivity contribution in [2.75, 3.05) is 19.8 Å². The number of rotatable bonds is 5. The van der Waals surface area contributed by atoms with Gasteiger partial charge in [0.2, 0.25) is 0 Å². The molecule has 2 nitrogen and oxygen atoms in total. The molecule has 0 saturated carbocycles. The van der Waals surface area contributed by atoms with E-state index in [-0.39, 0.29) is 0 Å². The van der Waals surface area contributed by atoms with Crippen molar-refractivity contribution >= 4 is 0 Å². The normalized spacial score (nSPS) is 9.75. The van der Waals surface area contributed by atoms with Crippen molar-refractivity contribution < 1.29 is 9.47 Å². The lowest BCUT2D eigenvalue weighted by Gasteiger charge is -1.97.